The van der Waals surface area contributed by atoms with E-state index in [2.05, 4.69) is 4.90 Å². The Labute approximate surface area is 200 Å². The molecule has 7 nitrogen and oxygen atoms in total. The lowest BCUT2D eigenvalue weighted by Gasteiger charge is -2.39. The van der Waals surface area contributed by atoms with Gasteiger partial charge in [0, 0.05) is 19.6 Å². The maximum atomic E-state index is 13.6. The minimum atomic E-state index is -4.08. The van der Waals surface area contributed by atoms with E-state index in [1.807, 2.05) is 42.7 Å². The fourth-order valence-corrected chi connectivity index (χ4v) is 6.08. The van der Waals surface area contributed by atoms with Crippen LogP contribution in [0.25, 0.3) is 0 Å². The molecule has 0 aliphatic carbocycles. The van der Waals surface area contributed by atoms with E-state index in [1.165, 1.54) is 23.9 Å². The summed E-state index contributed by atoms with van der Waals surface area (Å²) >= 11 is 1.48. The number of thioether (sulfide) groups is 1. The average Bonchev–Trinajstić information content (AvgIpc) is 2.83. The van der Waals surface area contributed by atoms with E-state index < -0.39 is 20.5 Å². The number of carbonyl (C=O) groups is 1. The smallest absolute Gasteiger partial charge is 0.265 e. The zero-order valence-corrected chi connectivity index (χ0v) is 20.1. The SMILES string of the molecule is [B]CS/C=C/CN1CCC(C(=O)NO)(S(=O)(=O)c2ccc(Oc3ccc(C)cc3)cc2)CC1. The molecule has 1 fully saturated rings. The summed E-state index contributed by atoms with van der Waals surface area (Å²) in [5.41, 5.74) is 3.18. The number of nitrogens with zero attached hydrogens (tertiary/aromatic N) is 1. The summed E-state index contributed by atoms with van der Waals surface area (Å²) in [6, 6.07) is 13.5. The number of amides is 1. The van der Waals surface area contributed by atoms with Crippen molar-refractivity contribution in [3.63, 3.8) is 0 Å². The van der Waals surface area contributed by atoms with Crippen LogP contribution in [0.15, 0.2) is 64.9 Å². The first-order valence-corrected chi connectivity index (χ1v) is 13.1. The number of nitrogens with one attached hydrogen (secondary N) is 1. The van der Waals surface area contributed by atoms with Gasteiger partial charge in [-0.3, -0.25) is 14.9 Å². The quantitative estimate of drug-likeness (QED) is 0.319. The highest BCUT2D eigenvalue weighted by Gasteiger charge is 2.52. The highest BCUT2D eigenvalue weighted by molar-refractivity contribution is 8.03. The number of ether oxygens (including phenoxy) is 1. The third-order valence-corrected chi connectivity index (χ3v) is 8.83. The van der Waals surface area contributed by atoms with Crippen LogP contribution in [0.1, 0.15) is 18.4 Å². The summed E-state index contributed by atoms with van der Waals surface area (Å²) in [6.07, 6.45) is 2.10. The van der Waals surface area contributed by atoms with E-state index in [4.69, 9.17) is 12.6 Å². The van der Waals surface area contributed by atoms with E-state index in [9.17, 15) is 18.4 Å². The zero-order chi connectivity index (χ0) is 23.9. The Morgan fingerprint density at radius 1 is 1.15 bits per heavy atom. The number of hydrogen-bond acceptors (Lipinski definition) is 7. The van der Waals surface area contributed by atoms with Gasteiger partial charge in [0.15, 0.2) is 14.6 Å². The first-order chi connectivity index (χ1) is 15.8. The van der Waals surface area contributed by atoms with Gasteiger partial charge < -0.3 is 4.74 Å². The van der Waals surface area contributed by atoms with Gasteiger partial charge in [-0.2, -0.15) is 0 Å². The molecular formula is C23H27BN2O5S2. The first-order valence-electron chi connectivity index (χ1n) is 10.6. The Balaban J connectivity index is 1.77. The van der Waals surface area contributed by atoms with Crippen molar-refractivity contribution in [2.24, 2.45) is 0 Å². The molecule has 0 aromatic heterocycles. The van der Waals surface area contributed by atoms with Gasteiger partial charge in [0.25, 0.3) is 5.91 Å². The highest BCUT2D eigenvalue weighted by atomic mass is 32.2. The van der Waals surface area contributed by atoms with Crippen molar-refractivity contribution in [1.82, 2.24) is 10.4 Å². The molecule has 2 radical (unpaired) electrons. The predicted molar refractivity (Wildman–Crippen MR) is 131 cm³/mol. The normalized spacial score (nSPS) is 16.5. The molecule has 10 heteroatoms. The van der Waals surface area contributed by atoms with E-state index in [0.717, 1.165) is 5.56 Å². The monoisotopic (exact) mass is 486 g/mol. The van der Waals surface area contributed by atoms with Gasteiger partial charge in [-0.05, 0) is 67.2 Å². The maximum Gasteiger partial charge on any atom is 0.265 e. The van der Waals surface area contributed by atoms with E-state index in [1.54, 1.807) is 17.6 Å². The number of aryl methyl sites for hydroxylation is 1. The molecule has 2 aromatic rings. The van der Waals surface area contributed by atoms with E-state index in [-0.39, 0.29) is 17.7 Å². The van der Waals surface area contributed by atoms with Crippen LogP contribution in [0.5, 0.6) is 11.5 Å². The second-order valence-corrected chi connectivity index (χ2v) is 11.0. The Morgan fingerprint density at radius 3 is 2.27 bits per heavy atom. The van der Waals surface area contributed by atoms with Crippen molar-refractivity contribution in [3.05, 3.63) is 65.6 Å². The summed E-state index contributed by atoms with van der Waals surface area (Å²) < 4.78 is 31.1. The third-order valence-electron chi connectivity index (χ3n) is 5.74. The molecule has 3 rings (SSSR count). The van der Waals surface area contributed by atoms with Gasteiger partial charge in [-0.15, -0.1) is 11.8 Å². The largest absolute Gasteiger partial charge is 0.457 e. The van der Waals surface area contributed by atoms with Gasteiger partial charge in [0.2, 0.25) is 0 Å². The van der Waals surface area contributed by atoms with Crippen LogP contribution in [0.4, 0.5) is 0 Å². The number of likely N-dealkylation sites (tertiary alicyclic amines) is 1. The second-order valence-electron chi connectivity index (χ2n) is 7.83. The third kappa shape index (κ3) is 5.81. The summed E-state index contributed by atoms with van der Waals surface area (Å²) in [7, 11) is 1.37. The lowest BCUT2D eigenvalue weighted by molar-refractivity contribution is -0.133. The number of piperidine rings is 1. The van der Waals surface area contributed by atoms with Gasteiger partial charge in [-0.25, -0.2) is 13.9 Å². The van der Waals surface area contributed by atoms with Crippen LogP contribution in [-0.2, 0) is 14.6 Å². The molecule has 2 aromatic carbocycles. The minimum absolute atomic E-state index is 0.00930. The Kier molecular flexibility index (Phi) is 8.64. The Hall–Kier alpha value is -2.27. The molecule has 1 saturated heterocycles. The molecule has 2 N–H and O–H groups in total. The second kappa shape index (κ2) is 11.2. The van der Waals surface area contributed by atoms with Crippen molar-refractivity contribution in [3.8, 4) is 11.5 Å². The molecule has 0 spiro atoms. The zero-order valence-electron chi connectivity index (χ0n) is 18.4. The lowest BCUT2D eigenvalue weighted by atomic mass is 9.95. The number of benzene rings is 2. The van der Waals surface area contributed by atoms with Crippen LogP contribution < -0.4 is 10.2 Å². The number of hydroxylamine groups is 1. The molecule has 1 amide bonds. The van der Waals surface area contributed by atoms with Gasteiger partial charge in [-0.1, -0.05) is 23.8 Å². The number of rotatable bonds is 9. The van der Waals surface area contributed by atoms with Crippen molar-refractivity contribution >= 4 is 35.4 Å². The van der Waals surface area contributed by atoms with Crippen LogP contribution in [0.2, 0.25) is 0 Å². The number of sulfone groups is 1. The van der Waals surface area contributed by atoms with Gasteiger partial charge in [0.1, 0.15) is 11.5 Å². The lowest BCUT2D eigenvalue weighted by Crippen LogP contribution is -2.57. The summed E-state index contributed by atoms with van der Waals surface area (Å²) in [6.45, 7) is 3.41. The average molecular weight is 486 g/mol. The highest BCUT2D eigenvalue weighted by Crippen LogP contribution is 2.37. The van der Waals surface area contributed by atoms with Gasteiger partial charge >= 0.3 is 0 Å². The topological polar surface area (TPSA) is 95.9 Å². The fraction of sp³-hybridized carbons (Fsp3) is 0.348. The predicted octanol–water partition coefficient (Wildman–Crippen LogP) is 3.27. The van der Waals surface area contributed by atoms with Crippen molar-refractivity contribution in [2.45, 2.75) is 29.4 Å². The molecular weight excluding hydrogens is 459 g/mol. The van der Waals surface area contributed by atoms with Crippen molar-refractivity contribution in [1.29, 1.82) is 0 Å². The van der Waals surface area contributed by atoms with Crippen LogP contribution in [0.3, 0.4) is 0 Å². The maximum absolute atomic E-state index is 13.6. The van der Waals surface area contributed by atoms with Gasteiger partial charge in [0.05, 0.1) is 12.7 Å². The minimum Gasteiger partial charge on any atom is -0.457 e. The summed E-state index contributed by atoms with van der Waals surface area (Å²) in [5.74, 6) is 0.213. The number of hydrogen-bond donors (Lipinski definition) is 2. The van der Waals surface area contributed by atoms with Crippen LogP contribution in [-0.4, -0.2) is 62.3 Å². The Morgan fingerprint density at radius 2 is 1.73 bits per heavy atom. The molecule has 1 aliphatic rings. The standard InChI is InChI=1S/C23H27BN2O5S2/c1-18-3-5-19(6-4-18)31-20-7-9-21(10-8-20)33(29,30)23(22(27)25-28)11-14-26(15-12-23)13-2-16-32-17-24/h2-10,16,28H,11-15,17H2,1H3,(H,25,27)/b16-2+. The van der Waals surface area contributed by atoms with Crippen molar-refractivity contribution in [2.75, 3.05) is 25.3 Å². The Bertz CT molecular complexity index is 1070. The molecule has 0 saturated carbocycles. The first kappa shape index (κ1) is 25.4. The molecule has 1 aliphatic heterocycles. The fourth-order valence-electron chi connectivity index (χ4n) is 3.79. The summed E-state index contributed by atoms with van der Waals surface area (Å²) in [5, 5.41) is 11.2. The molecule has 0 atom stereocenters. The van der Waals surface area contributed by atoms with Crippen LogP contribution >= 0.6 is 11.8 Å². The number of carbonyl (C=O) groups excluding carboxylic acids is 1. The van der Waals surface area contributed by atoms with E-state index >= 15 is 0 Å². The van der Waals surface area contributed by atoms with Crippen LogP contribution in [0, 0.1) is 6.92 Å². The molecule has 1 heterocycles. The summed E-state index contributed by atoms with van der Waals surface area (Å²) in [4.78, 5) is 14.7. The molecule has 33 heavy (non-hydrogen) atoms. The molecule has 174 valence electrons. The van der Waals surface area contributed by atoms with E-state index in [0.29, 0.717) is 36.8 Å². The molecule has 0 unspecified atom stereocenters. The van der Waals surface area contributed by atoms with Crippen molar-refractivity contribution < 1.29 is 23.2 Å². The molecule has 0 bridgehead atoms.